The first-order chi connectivity index (χ1) is 19.8. The number of tetrazole rings is 1. The highest BCUT2D eigenvalue weighted by Crippen LogP contribution is 2.30. The topological polar surface area (TPSA) is 131 Å². The third kappa shape index (κ3) is 6.64. The van der Waals surface area contributed by atoms with Gasteiger partial charge < -0.3 is 19.9 Å². The fraction of sp³-hybridized carbons (Fsp3) is 0.286. The maximum absolute atomic E-state index is 13.3. The molecule has 2 atom stereocenters. The average molecular weight is 595 g/mol. The fourth-order valence-corrected chi connectivity index (χ4v) is 5.16. The van der Waals surface area contributed by atoms with Crippen molar-refractivity contribution in [1.29, 1.82) is 0 Å². The summed E-state index contributed by atoms with van der Waals surface area (Å²) >= 11 is 12.7. The van der Waals surface area contributed by atoms with Crippen molar-refractivity contribution in [2.45, 2.75) is 38.5 Å². The number of nitrogens with one attached hydrogen (secondary N) is 2. The quantitative estimate of drug-likeness (QED) is 0.272. The number of rotatable bonds is 9. The van der Waals surface area contributed by atoms with Gasteiger partial charge in [0.15, 0.2) is 0 Å². The highest BCUT2D eigenvalue weighted by molar-refractivity contribution is 6.32. The highest BCUT2D eigenvalue weighted by Gasteiger charge is 2.32. The predicted octanol–water partition coefficient (Wildman–Crippen LogP) is 4.52. The van der Waals surface area contributed by atoms with Crippen LogP contribution >= 0.6 is 23.2 Å². The first kappa shape index (κ1) is 28.5. The zero-order chi connectivity index (χ0) is 28.9. The number of aryl methyl sites for hydroxylation is 1. The van der Waals surface area contributed by atoms with E-state index in [9.17, 15) is 9.59 Å². The van der Waals surface area contributed by atoms with E-state index < -0.39 is 11.9 Å². The summed E-state index contributed by atoms with van der Waals surface area (Å²) in [5, 5.41) is 15.0. The molecule has 1 aliphatic rings. The molecule has 1 fully saturated rings. The van der Waals surface area contributed by atoms with Crippen LogP contribution in [0.15, 0.2) is 54.9 Å². The third-order valence-electron chi connectivity index (χ3n) is 6.82. The van der Waals surface area contributed by atoms with Crippen molar-refractivity contribution in [1.82, 2.24) is 40.4 Å². The summed E-state index contributed by atoms with van der Waals surface area (Å²) in [7, 11) is 1.58. The van der Waals surface area contributed by atoms with Crippen molar-refractivity contribution in [2.24, 2.45) is 0 Å². The Morgan fingerprint density at radius 2 is 2.02 bits per heavy atom. The highest BCUT2D eigenvalue weighted by atomic mass is 35.5. The Morgan fingerprint density at radius 3 is 2.76 bits per heavy atom. The van der Waals surface area contributed by atoms with Crippen LogP contribution in [0.3, 0.4) is 0 Å². The van der Waals surface area contributed by atoms with Gasteiger partial charge in [0.1, 0.15) is 29.2 Å². The summed E-state index contributed by atoms with van der Waals surface area (Å²) in [5.41, 5.74) is 3.70. The summed E-state index contributed by atoms with van der Waals surface area (Å²) in [6.07, 6.45) is 5.67. The molecule has 1 aliphatic heterocycles. The first-order valence-electron chi connectivity index (χ1n) is 13.0. The Morgan fingerprint density at radius 1 is 1.22 bits per heavy atom. The molecule has 13 heteroatoms. The van der Waals surface area contributed by atoms with Crippen molar-refractivity contribution in [3.8, 4) is 16.9 Å². The number of aromatic nitrogens is 6. The van der Waals surface area contributed by atoms with E-state index in [0.29, 0.717) is 39.5 Å². The smallest absolute Gasteiger partial charge is 0.244 e. The number of likely N-dealkylation sites (tertiary alicyclic amines) is 1. The second kappa shape index (κ2) is 12.6. The number of benzene rings is 2. The van der Waals surface area contributed by atoms with E-state index in [1.165, 1.54) is 17.1 Å². The van der Waals surface area contributed by atoms with E-state index in [-0.39, 0.29) is 18.6 Å². The van der Waals surface area contributed by atoms with E-state index in [2.05, 4.69) is 30.8 Å². The molecule has 41 heavy (non-hydrogen) atoms. The lowest BCUT2D eigenvalue weighted by molar-refractivity contribution is -0.140. The molecule has 5 rings (SSSR count). The van der Waals surface area contributed by atoms with Crippen molar-refractivity contribution >= 4 is 41.1 Å². The number of methoxy groups -OCH3 is 1. The zero-order valence-corrected chi connectivity index (χ0v) is 23.9. The van der Waals surface area contributed by atoms with Crippen LogP contribution in [0.5, 0.6) is 0 Å². The van der Waals surface area contributed by atoms with Gasteiger partial charge in [-0.3, -0.25) is 9.59 Å². The number of amides is 2. The van der Waals surface area contributed by atoms with Crippen LogP contribution in [0.25, 0.3) is 23.0 Å². The maximum Gasteiger partial charge on any atom is 0.244 e. The number of carbonyl (C=O) groups is 2. The molecular weight excluding hydrogens is 567 g/mol. The number of aromatic amines is 1. The zero-order valence-electron chi connectivity index (χ0n) is 22.4. The largest absolute Gasteiger partial charge is 0.362 e. The van der Waals surface area contributed by atoms with Crippen molar-refractivity contribution in [3.05, 3.63) is 82.0 Å². The average Bonchev–Trinajstić information content (AvgIpc) is 3.73. The monoisotopic (exact) mass is 594 g/mol. The number of nitrogens with zero attached hydrogens (tertiary/aromatic N) is 6. The second-order valence-electron chi connectivity index (χ2n) is 9.63. The molecule has 0 bridgehead atoms. The van der Waals surface area contributed by atoms with Gasteiger partial charge in [-0.05, 0) is 54.5 Å². The summed E-state index contributed by atoms with van der Waals surface area (Å²) in [4.78, 5) is 36.0. The lowest BCUT2D eigenvalue weighted by atomic mass is 10.1. The van der Waals surface area contributed by atoms with Gasteiger partial charge in [0, 0.05) is 35.9 Å². The normalized spacial score (nSPS) is 15.9. The molecule has 3 heterocycles. The molecule has 2 N–H and O–H groups in total. The maximum atomic E-state index is 13.3. The van der Waals surface area contributed by atoms with Gasteiger partial charge in [0.2, 0.25) is 11.8 Å². The Hall–Kier alpha value is -4.06. The van der Waals surface area contributed by atoms with Gasteiger partial charge >= 0.3 is 0 Å². The molecule has 2 amide bonds. The molecule has 0 aliphatic carbocycles. The number of carbonyl (C=O) groups excluding carboxylic acids is 2. The van der Waals surface area contributed by atoms with Gasteiger partial charge in [0.25, 0.3) is 0 Å². The van der Waals surface area contributed by atoms with E-state index in [1.54, 1.807) is 36.3 Å². The summed E-state index contributed by atoms with van der Waals surface area (Å²) in [6, 6.07) is 12.1. The number of hydrogen-bond acceptors (Lipinski definition) is 7. The van der Waals surface area contributed by atoms with Crippen LogP contribution in [0, 0.1) is 6.92 Å². The van der Waals surface area contributed by atoms with Gasteiger partial charge in [0.05, 0.1) is 18.2 Å². The Labute approximate surface area is 246 Å². The Balaban J connectivity index is 1.41. The Bertz CT molecular complexity index is 1550. The molecule has 0 spiro atoms. The molecule has 1 saturated heterocycles. The molecular formula is C28H28Cl2N8O3. The molecule has 212 valence electrons. The van der Waals surface area contributed by atoms with Crippen LogP contribution in [0.1, 0.15) is 42.3 Å². The van der Waals surface area contributed by atoms with Crippen LogP contribution < -0.4 is 5.32 Å². The molecule has 11 nitrogen and oxygen atoms in total. The minimum absolute atomic E-state index is 0.0380. The SMILES string of the molecule is CO[C@@H]1CCCN1C(=O)C[C@H](NC(=O)/C=C/c1cc(Cl)ccc1-n1cnnn1)c1nc(-c2ccc(C)cc2)c(Cl)[nH]1. The third-order valence-corrected chi connectivity index (χ3v) is 7.33. The van der Waals surface area contributed by atoms with Gasteiger partial charge in [-0.25, -0.2) is 4.98 Å². The standard InChI is InChI=1S/C28H28Cl2N8O3/c1-17-5-7-18(8-6-17)26-27(30)34-28(33-26)21(15-24(40)37-13-3-4-25(37)41-2)32-23(39)12-9-19-14-20(29)10-11-22(19)38-16-31-35-36-38/h5-12,14,16,21,25H,3-4,13,15H2,1-2H3,(H,32,39)(H,33,34)/b12-9+/t21-,25+/m0/s1. The van der Waals surface area contributed by atoms with Crippen LogP contribution in [-0.2, 0) is 14.3 Å². The summed E-state index contributed by atoms with van der Waals surface area (Å²) in [6.45, 7) is 2.58. The number of halogens is 2. The number of imidazole rings is 1. The summed E-state index contributed by atoms with van der Waals surface area (Å²) < 4.78 is 6.95. The predicted molar refractivity (Wildman–Crippen MR) is 154 cm³/mol. The first-order valence-corrected chi connectivity index (χ1v) is 13.7. The molecule has 2 aromatic heterocycles. The molecule has 4 aromatic rings. The van der Waals surface area contributed by atoms with Crippen LogP contribution in [-0.4, -0.2) is 66.8 Å². The van der Waals surface area contributed by atoms with Gasteiger partial charge in [-0.2, -0.15) is 4.68 Å². The minimum atomic E-state index is -0.784. The summed E-state index contributed by atoms with van der Waals surface area (Å²) in [5.74, 6) is -0.241. The molecule has 0 saturated carbocycles. The van der Waals surface area contributed by atoms with E-state index in [0.717, 1.165) is 24.0 Å². The van der Waals surface area contributed by atoms with E-state index in [1.807, 2.05) is 31.2 Å². The van der Waals surface area contributed by atoms with Crippen LogP contribution in [0.2, 0.25) is 10.2 Å². The van der Waals surface area contributed by atoms with E-state index in [4.69, 9.17) is 27.9 Å². The lowest BCUT2D eigenvalue weighted by Crippen LogP contribution is -2.39. The molecule has 2 aromatic carbocycles. The fourth-order valence-electron chi connectivity index (χ4n) is 4.74. The Kier molecular flexibility index (Phi) is 8.77. The second-order valence-corrected chi connectivity index (χ2v) is 10.4. The number of ether oxygens (including phenoxy) is 1. The van der Waals surface area contributed by atoms with Gasteiger partial charge in [-0.1, -0.05) is 53.0 Å². The van der Waals surface area contributed by atoms with Crippen molar-refractivity contribution in [2.75, 3.05) is 13.7 Å². The molecule has 0 unspecified atom stereocenters. The van der Waals surface area contributed by atoms with E-state index >= 15 is 0 Å². The number of hydrogen-bond donors (Lipinski definition) is 2. The van der Waals surface area contributed by atoms with Crippen LogP contribution in [0.4, 0.5) is 0 Å². The van der Waals surface area contributed by atoms with Gasteiger partial charge in [-0.15, -0.1) is 5.10 Å². The number of H-pyrrole nitrogens is 1. The van der Waals surface area contributed by atoms with Crippen molar-refractivity contribution in [3.63, 3.8) is 0 Å². The lowest BCUT2D eigenvalue weighted by Gasteiger charge is -2.25. The van der Waals surface area contributed by atoms with Crippen molar-refractivity contribution < 1.29 is 14.3 Å². The molecule has 0 radical (unpaired) electrons. The minimum Gasteiger partial charge on any atom is -0.362 e.